The molecule has 2 aromatic carbocycles. The summed E-state index contributed by atoms with van der Waals surface area (Å²) in [7, 11) is -0.716. The molecule has 0 bridgehead atoms. The number of ether oxygens (including phenoxy) is 2. The van der Waals surface area contributed by atoms with Crippen molar-refractivity contribution in [2.75, 3.05) is 12.0 Å². The fraction of sp³-hybridized carbons (Fsp3) is 0.345. The number of nitrogens with one attached hydrogen (secondary N) is 1. The molecule has 0 saturated carbocycles. The van der Waals surface area contributed by atoms with E-state index in [4.69, 9.17) is 13.9 Å². The van der Waals surface area contributed by atoms with Gasteiger partial charge in [0.15, 0.2) is 5.75 Å². The topological polar surface area (TPSA) is 90.0 Å². The minimum Gasteiger partial charge on any atom is -0.541 e. The third kappa shape index (κ3) is 4.87. The molecule has 0 fully saturated rings. The third-order valence-electron chi connectivity index (χ3n) is 7.60. The van der Waals surface area contributed by atoms with Crippen LogP contribution in [0.15, 0.2) is 59.8 Å². The van der Waals surface area contributed by atoms with Crippen LogP contribution in [0, 0.1) is 6.92 Å². The van der Waals surface area contributed by atoms with Crippen LogP contribution < -0.4 is 19.4 Å². The Morgan fingerprint density at radius 1 is 1.08 bits per heavy atom. The number of methoxy groups -OCH3 is 1. The summed E-state index contributed by atoms with van der Waals surface area (Å²) in [5.74, 6) is 1.61. The normalized spacial score (nSPS) is 18.3. The maximum atomic E-state index is 13.4. The van der Waals surface area contributed by atoms with Crippen LogP contribution >= 0.6 is 11.8 Å². The molecule has 2 atom stereocenters. The Labute approximate surface area is 234 Å². The third-order valence-corrected chi connectivity index (χ3v) is 13.2. The van der Waals surface area contributed by atoms with Gasteiger partial charge in [0.1, 0.15) is 21.8 Å². The molecular formula is C29H33N3O5SSi. The van der Waals surface area contributed by atoms with E-state index in [0.29, 0.717) is 27.9 Å². The molecule has 5 rings (SSSR count). The van der Waals surface area contributed by atoms with Gasteiger partial charge in [-0.15, -0.1) is 0 Å². The Hall–Kier alpha value is -3.50. The molecule has 2 aliphatic heterocycles. The van der Waals surface area contributed by atoms with Crippen molar-refractivity contribution >= 4 is 43.5 Å². The lowest BCUT2D eigenvalue weighted by Gasteiger charge is -2.36. The zero-order valence-corrected chi connectivity index (χ0v) is 25.0. The van der Waals surface area contributed by atoms with Gasteiger partial charge in [-0.05, 0) is 67.0 Å². The predicted molar refractivity (Wildman–Crippen MR) is 155 cm³/mol. The van der Waals surface area contributed by atoms with Gasteiger partial charge in [0, 0.05) is 11.8 Å². The first-order chi connectivity index (χ1) is 18.4. The number of esters is 1. The summed E-state index contributed by atoms with van der Waals surface area (Å²) >= 11 is 1.31. The number of aryl methyl sites for hydroxylation is 1. The monoisotopic (exact) mass is 563 g/mol. The number of nitrogens with zero attached hydrogens (tertiary/aromatic N) is 2. The second-order valence-electron chi connectivity index (χ2n) is 11.2. The molecule has 1 aromatic heterocycles. The Morgan fingerprint density at radius 3 is 2.46 bits per heavy atom. The SMILES string of the molecule is COC(=O)C1Sc2nccc3c2C1NC(=O)N3c1ccc(Oc2ccccc2O[Si](C)(C)C(C)(C)C)cc1C. The number of hydrogen-bond acceptors (Lipinski definition) is 7. The zero-order valence-electron chi connectivity index (χ0n) is 23.2. The second kappa shape index (κ2) is 9.91. The van der Waals surface area contributed by atoms with E-state index in [1.54, 1.807) is 11.1 Å². The number of urea groups is 1. The Morgan fingerprint density at radius 2 is 1.79 bits per heavy atom. The molecule has 2 unspecified atom stereocenters. The molecule has 3 heterocycles. The maximum Gasteiger partial charge on any atom is 0.327 e. The van der Waals surface area contributed by atoms with E-state index in [9.17, 15) is 9.59 Å². The van der Waals surface area contributed by atoms with E-state index in [-0.39, 0.29) is 11.1 Å². The lowest BCUT2D eigenvalue weighted by Crippen LogP contribution is -2.47. The molecular weight excluding hydrogens is 530 g/mol. The average Bonchev–Trinajstić information content (AvgIpc) is 3.24. The first-order valence-electron chi connectivity index (χ1n) is 12.8. The van der Waals surface area contributed by atoms with Crippen LogP contribution in [-0.2, 0) is 9.53 Å². The molecule has 10 heteroatoms. The maximum absolute atomic E-state index is 13.4. The second-order valence-corrected chi connectivity index (χ2v) is 17.1. The molecule has 3 aromatic rings. The fourth-order valence-electron chi connectivity index (χ4n) is 4.48. The summed E-state index contributed by atoms with van der Waals surface area (Å²) in [5, 5.41) is 3.19. The summed E-state index contributed by atoms with van der Waals surface area (Å²) in [4.78, 5) is 31.8. The molecule has 0 aliphatic carbocycles. The predicted octanol–water partition coefficient (Wildman–Crippen LogP) is 7.12. The van der Waals surface area contributed by atoms with Gasteiger partial charge >= 0.3 is 12.0 Å². The van der Waals surface area contributed by atoms with E-state index in [1.165, 1.54) is 18.9 Å². The van der Waals surface area contributed by atoms with Crippen molar-refractivity contribution < 1.29 is 23.5 Å². The molecule has 0 saturated heterocycles. The van der Waals surface area contributed by atoms with Crippen molar-refractivity contribution in [2.24, 2.45) is 0 Å². The molecule has 39 heavy (non-hydrogen) atoms. The van der Waals surface area contributed by atoms with Crippen molar-refractivity contribution in [3.63, 3.8) is 0 Å². The number of carbonyl (C=O) groups excluding carboxylic acids is 2. The first-order valence-corrected chi connectivity index (χ1v) is 16.6. The number of rotatable bonds is 6. The smallest absolute Gasteiger partial charge is 0.327 e. The number of aromatic nitrogens is 1. The molecule has 2 amide bonds. The number of pyridine rings is 1. The largest absolute Gasteiger partial charge is 0.541 e. The number of hydrogen-bond donors (Lipinski definition) is 1. The van der Waals surface area contributed by atoms with Crippen LogP contribution in [0.4, 0.5) is 16.2 Å². The number of anilines is 2. The van der Waals surface area contributed by atoms with Crippen LogP contribution in [0.5, 0.6) is 17.2 Å². The number of para-hydroxylation sites is 2. The standard InChI is InChI=1S/C29H33N3O5SSi/c1-17-16-18(36-21-10-8-9-11-22(21)37-39(6,7)29(2,3)4)12-13-19(17)32-20-14-15-30-26-23(20)24(31-28(32)34)25(38-26)27(33)35-5/h8-16,24-25H,1-7H3,(H,31,34). The molecule has 204 valence electrons. The van der Waals surface area contributed by atoms with E-state index in [1.807, 2.05) is 55.5 Å². The molecule has 8 nitrogen and oxygen atoms in total. The highest BCUT2D eigenvalue weighted by atomic mass is 32.2. The van der Waals surface area contributed by atoms with Crippen LogP contribution in [0.25, 0.3) is 0 Å². The van der Waals surface area contributed by atoms with Crippen molar-refractivity contribution in [3.05, 3.63) is 65.9 Å². The number of benzene rings is 2. The summed E-state index contributed by atoms with van der Waals surface area (Å²) in [6.45, 7) is 13.0. The van der Waals surface area contributed by atoms with Gasteiger partial charge in [-0.3, -0.25) is 9.69 Å². The number of amides is 2. The molecule has 0 radical (unpaired) electrons. The zero-order chi connectivity index (χ0) is 28.1. The highest BCUT2D eigenvalue weighted by molar-refractivity contribution is 8.01. The van der Waals surface area contributed by atoms with Crippen molar-refractivity contribution in [1.29, 1.82) is 0 Å². The highest BCUT2D eigenvalue weighted by Crippen LogP contribution is 2.51. The van der Waals surface area contributed by atoms with Crippen molar-refractivity contribution in [2.45, 2.75) is 62.1 Å². The molecule has 2 aliphatic rings. The fourth-order valence-corrected chi connectivity index (χ4v) is 6.75. The van der Waals surface area contributed by atoms with Crippen molar-refractivity contribution in [3.8, 4) is 17.2 Å². The van der Waals surface area contributed by atoms with Crippen LogP contribution in [0.2, 0.25) is 18.1 Å². The van der Waals surface area contributed by atoms with Gasteiger partial charge in [0.2, 0.25) is 0 Å². The van der Waals surface area contributed by atoms with Gasteiger partial charge in [-0.2, -0.15) is 0 Å². The summed E-state index contributed by atoms with van der Waals surface area (Å²) < 4.78 is 17.8. The number of carbonyl (C=O) groups is 2. The van der Waals surface area contributed by atoms with E-state index in [0.717, 1.165) is 16.9 Å². The minimum absolute atomic E-state index is 0.0505. The lowest BCUT2D eigenvalue weighted by molar-refractivity contribution is -0.140. The minimum atomic E-state index is -2.06. The molecule has 0 spiro atoms. The van der Waals surface area contributed by atoms with Gasteiger partial charge < -0.3 is 19.2 Å². The van der Waals surface area contributed by atoms with E-state index < -0.39 is 25.6 Å². The van der Waals surface area contributed by atoms with Crippen molar-refractivity contribution in [1.82, 2.24) is 10.3 Å². The highest BCUT2D eigenvalue weighted by Gasteiger charge is 2.47. The van der Waals surface area contributed by atoms with Gasteiger partial charge in [-0.25, -0.2) is 9.78 Å². The average molecular weight is 564 g/mol. The van der Waals surface area contributed by atoms with Crippen LogP contribution in [-0.4, -0.2) is 37.7 Å². The quantitative estimate of drug-likeness (QED) is 0.252. The lowest BCUT2D eigenvalue weighted by atomic mass is 10.00. The van der Waals surface area contributed by atoms with Gasteiger partial charge in [0.25, 0.3) is 8.32 Å². The summed E-state index contributed by atoms with van der Waals surface area (Å²) in [6, 6.07) is 14.3. The number of thioether (sulfide) groups is 1. The van der Waals surface area contributed by atoms with E-state index >= 15 is 0 Å². The van der Waals surface area contributed by atoms with Crippen LogP contribution in [0.3, 0.4) is 0 Å². The van der Waals surface area contributed by atoms with Gasteiger partial charge in [-0.1, -0.05) is 44.7 Å². The Kier molecular flexibility index (Phi) is 6.88. The Balaban J connectivity index is 1.44. The molecule has 1 N–H and O–H groups in total. The summed E-state index contributed by atoms with van der Waals surface area (Å²) in [6.07, 6.45) is 1.66. The first kappa shape index (κ1) is 27.1. The summed E-state index contributed by atoms with van der Waals surface area (Å²) in [5.41, 5.74) is 3.10. The van der Waals surface area contributed by atoms with Gasteiger partial charge in [0.05, 0.1) is 24.5 Å². The van der Waals surface area contributed by atoms with Crippen LogP contribution in [0.1, 0.15) is 37.9 Å². The Bertz CT molecular complexity index is 1460. The van der Waals surface area contributed by atoms with E-state index in [2.05, 4.69) is 44.2 Å².